The normalized spacial score (nSPS) is 11.7. The van der Waals surface area contributed by atoms with Gasteiger partial charge in [0.05, 0.1) is 0 Å². The van der Waals surface area contributed by atoms with E-state index >= 15 is 0 Å². The molecule has 0 amide bonds. The molecule has 0 aromatic heterocycles. The second-order valence-corrected chi connectivity index (χ2v) is 12.2. The van der Waals surface area contributed by atoms with Crippen molar-refractivity contribution in [3.8, 4) is 0 Å². The van der Waals surface area contributed by atoms with Crippen molar-refractivity contribution in [1.29, 1.82) is 0 Å². The lowest BCUT2D eigenvalue weighted by molar-refractivity contribution is 0.911. The maximum Gasteiger partial charge on any atom is 0.248 e. The van der Waals surface area contributed by atoms with E-state index in [0.717, 1.165) is 23.9 Å². The Labute approximate surface area is 101 Å². The van der Waals surface area contributed by atoms with Crippen LogP contribution in [0.3, 0.4) is 0 Å². The Kier molecular flexibility index (Phi) is 4.78. The standard InChI is InChI=1S/C10H13Cl3Si/c1-14(12,13)7-3-5-9-4-2-6-10(11)8-9/h2,4,6,8H,3,5,7H2,1H3. The predicted molar refractivity (Wildman–Crippen MR) is 67.9 cm³/mol. The molecule has 0 atom stereocenters. The highest BCUT2D eigenvalue weighted by Gasteiger charge is 2.19. The van der Waals surface area contributed by atoms with Gasteiger partial charge in [-0.3, -0.25) is 0 Å². The highest BCUT2D eigenvalue weighted by molar-refractivity contribution is 7.44. The van der Waals surface area contributed by atoms with Gasteiger partial charge in [-0.05, 0) is 43.1 Å². The Balaban J connectivity index is 2.39. The third-order valence-corrected chi connectivity index (χ3v) is 4.57. The summed E-state index contributed by atoms with van der Waals surface area (Å²) in [7, 11) is 0. The summed E-state index contributed by atoms with van der Waals surface area (Å²) in [6.07, 6.45) is 2.04. The van der Waals surface area contributed by atoms with Gasteiger partial charge in [0.1, 0.15) is 0 Å². The third-order valence-electron chi connectivity index (χ3n) is 1.97. The zero-order chi connectivity index (χ0) is 10.6. The number of aryl methyl sites for hydroxylation is 1. The van der Waals surface area contributed by atoms with E-state index in [4.69, 9.17) is 33.8 Å². The highest BCUT2D eigenvalue weighted by atomic mass is 35.7. The quantitative estimate of drug-likeness (QED) is 0.542. The van der Waals surface area contributed by atoms with Crippen LogP contribution < -0.4 is 0 Å². The van der Waals surface area contributed by atoms with Crippen molar-refractivity contribution in [2.45, 2.75) is 25.4 Å². The molecule has 0 aliphatic heterocycles. The molecular formula is C10H13Cl3Si. The molecule has 1 aromatic carbocycles. The van der Waals surface area contributed by atoms with Crippen LogP contribution in [-0.2, 0) is 6.42 Å². The van der Waals surface area contributed by atoms with Crippen molar-refractivity contribution >= 4 is 40.5 Å². The summed E-state index contributed by atoms with van der Waals surface area (Å²) in [5.41, 5.74) is 1.25. The Morgan fingerprint density at radius 1 is 1.29 bits per heavy atom. The van der Waals surface area contributed by atoms with Gasteiger partial charge in [-0.2, -0.15) is 0 Å². The van der Waals surface area contributed by atoms with Gasteiger partial charge in [-0.1, -0.05) is 23.7 Å². The topological polar surface area (TPSA) is 0 Å². The second kappa shape index (κ2) is 5.41. The van der Waals surface area contributed by atoms with Gasteiger partial charge in [-0.15, -0.1) is 22.2 Å². The SMILES string of the molecule is C[Si](Cl)(Cl)CCCc1cccc(Cl)c1. The molecular weight excluding hydrogens is 255 g/mol. The molecule has 0 fully saturated rings. The summed E-state index contributed by atoms with van der Waals surface area (Å²) in [5, 5.41) is 0.791. The van der Waals surface area contributed by atoms with Crippen LogP contribution in [0, 0.1) is 0 Å². The zero-order valence-electron chi connectivity index (χ0n) is 8.06. The molecule has 0 nitrogen and oxygen atoms in total. The average molecular weight is 268 g/mol. The fourth-order valence-electron chi connectivity index (χ4n) is 1.30. The van der Waals surface area contributed by atoms with Gasteiger partial charge in [0.2, 0.25) is 6.69 Å². The number of halogens is 3. The van der Waals surface area contributed by atoms with Crippen LogP contribution >= 0.6 is 33.8 Å². The fraction of sp³-hybridized carbons (Fsp3) is 0.400. The molecule has 0 bridgehead atoms. The molecule has 1 rings (SSSR count). The minimum atomic E-state index is -1.91. The van der Waals surface area contributed by atoms with E-state index < -0.39 is 6.69 Å². The monoisotopic (exact) mass is 266 g/mol. The van der Waals surface area contributed by atoms with Crippen molar-refractivity contribution in [3.05, 3.63) is 34.9 Å². The molecule has 0 heterocycles. The summed E-state index contributed by atoms with van der Waals surface area (Å²) in [4.78, 5) is 0. The molecule has 0 saturated carbocycles. The van der Waals surface area contributed by atoms with Gasteiger partial charge in [-0.25, -0.2) is 0 Å². The minimum Gasteiger partial charge on any atom is -0.146 e. The summed E-state index contributed by atoms with van der Waals surface area (Å²) in [6.45, 7) is 0.0393. The van der Waals surface area contributed by atoms with Crippen LogP contribution in [0.2, 0.25) is 17.6 Å². The van der Waals surface area contributed by atoms with E-state index in [1.807, 2.05) is 24.7 Å². The zero-order valence-corrected chi connectivity index (χ0v) is 11.3. The Morgan fingerprint density at radius 2 is 2.00 bits per heavy atom. The van der Waals surface area contributed by atoms with Crippen molar-refractivity contribution in [1.82, 2.24) is 0 Å². The van der Waals surface area contributed by atoms with Crippen LogP contribution in [0.4, 0.5) is 0 Å². The van der Waals surface area contributed by atoms with E-state index in [2.05, 4.69) is 6.07 Å². The largest absolute Gasteiger partial charge is 0.248 e. The molecule has 0 unspecified atom stereocenters. The Bertz CT molecular complexity index is 294. The third kappa shape index (κ3) is 5.25. The lowest BCUT2D eigenvalue weighted by Gasteiger charge is -2.09. The average Bonchev–Trinajstić information content (AvgIpc) is 2.01. The Morgan fingerprint density at radius 3 is 2.57 bits per heavy atom. The van der Waals surface area contributed by atoms with Gasteiger partial charge in [0.15, 0.2) is 0 Å². The van der Waals surface area contributed by atoms with Crippen LogP contribution in [-0.4, -0.2) is 6.69 Å². The van der Waals surface area contributed by atoms with Crippen LogP contribution in [0.5, 0.6) is 0 Å². The fourth-order valence-corrected chi connectivity index (χ4v) is 3.11. The molecule has 0 aliphatic carbocycles. The van der Waals surface area contributed by atoms with E-state index in [1.165, 1.54) is 5.56 Å². The van der Waals surface area contributed by atoms with Gasteiger partial charge in [0, 0.05) is 5.02 Å². The van der Waals surface area contributed by atoms with Gasteiger partial charge in [0.25, 0.3) is 0 Å². The molecule has 14 heavy (non-hydrogen) atoms. The van der Waals surface area contributed by atoms with Crippen LogP contribution in [0.15, 0.2) is 24.3 Å². The van der Waals surface area contributed by atoms with Crippen LogP contribution in [0.1, 0.15) is 12.0 Å². The maximum absolute atomic E-state index is 6.01. The summed E-state index contributed by atoms with van der Waals surface area (Å²) >= 11 is 17.9. The maximum atomic E-state index is 6.01. The molecule has 1 aromatic rings. The van der Waals surface area contributed by atoms with Crippen molar-refractivity contribution in [3.63, 3.8) is 0 Å². The number of benzene rings is 1. The first-order valence-corrected chi connectivity index (χ1v) is 9.70. The summed E-state index contributed by atoms with van der Waals surface area (Å²) < 4.78 is 0. The number of hydrogen-bond acceptors (Lipinski definition) is 0. The second-order valence-electron chi connectivity index (χ2n) is 3.55. The van der Waals surface area contributed by atoms with E-state index in [0.29, 0.717) is 0 Å². The minimum absolute atomic E-state index is 0.791. The van der Waals surface area contributed by atoms with Crippen molar-refractivity contribution < 1.29 is 0 Å². The lowest BCUT2D eigenvalue weighted by Crippen LogP contribution is -2.11. The first-order chi connectivity index (χ1) is 6.47. The molecule has 0 saturated heterocycles. The molecule has 0 radical (unpaired) electrons. The summed E-state index contributed by atoms with van der Waals surface area (Å²) in [6, 6.07) is 8.85. The van der Waals surface area contributed by atoms with E-state index in [1.54, 1.807) is 0 Å². The van der Waals surface area contributed by atoms with E-state index in [-0.39, 0.29) is 0 Å². The van der Waals surface area contributed by atoms with Gasteiger partial charge < -0.3 is 0 Å². The smallest absolute Gasteiger partial charge is 0.146 e. The van der Waals surface area contributed by atoms with Gasteiger partial charge >= 0.3 is 0 Å². The lowest BCUT2D eigenvalue weighted by atomic mass is 10.1. The highest BCUT2D eigenvalue weighted by Crippen LogP contribution is 2.23. The molecule has 78 valence electrons. The molecule has 0 N–H and O–H groups in total. The first kappa shape index (κ1) is 12.4. The Hall–Kier alpha value is 0.307. The first-order valence-electron chi connectivity index (χ1n) is 4.60. The number of rotatable bonds is 4. The molecule has 0 spiro atoms. The van der Waals surface area contributed by atoms with Crippen molar-refractivity contribution in [2.75, 3.05) is 0 Å². The molecule has 4 heteroatoms. The molecule has 0 aliphatic rings. The predicted octanol–water partition coefficient (Wildman–Crippen LogP) is 4.82. The van der Waals surface area contributed by atoms with E-state index in [9.17, 15) is 0 Å². The summed E-state index contributed by atoms with van der Waals surface area (Å²) in [5.74, 6) is 0. The number of hydrogen-bond donors (Lipinski definition) is 0. The van der Waals surface area contributed by atoms with Crippen molar-refractivity contribution in [2.24, 2.45) is 0 Å². The van der Waals surface area contributed by atoms with Crippen LogP contribution in [0.25, 0.3) is 0 Å².